The van der Waals surface area contributed by atoms with Crippen molar-refractivity contribution in [1.29, 1.82) is 0 Å². The van der Waals surface area contributed by atoms with Gasteiger partial charge in [-0.05, 0) is 49.1 Å². The van der Waals surface area contributed by atoms with Gasteiger partial charge in [0.1, 0.15) is 0 Å². The lowest BCUT2D eigenvalue weighted by atomic mass is 10.1. The van der Waals surface area contributed by atoms with E-state index in [9.17, 15) is 9.59 Å². The van der Waals surface area contributed by atoms with Crippen LogP contribution < -0.4 is 11.2 Å². The highest BCUT2D eigenvalue weighted by Gasteiger charge is 2.19. The summed E-state index contributed by atoms with van der Waals surface area (Å²) in [5.41, 5.74) is 4.02. The van der Waals surface area contributed by atoms with Crippen molar-refractivity contribution in [2.24, 2.45) is 0 Å². The molecule has 2 aromatic rings. The summed E-state index contributed by atoms with van der Waals surface area (Å²) in [7, 11) is 0. The molecule has 0 aliphatic carbocycles. The number of H-pyrrole nitrogens is 1. The lowest BCUT2D eigenvalue weighted by molar-refractivity contribution is 0.700. The zero-order valence-corrected chi connectivity index (χ0v) is 14.6. The highest BCUT2D eigenvalue weighted by Crippen LogP contribution is 2.24. The molecule has 6 heteroatoms. The average Bonchev–Trinajstić information content (AvgIpc) is 2.62. The zero-order valence-electron chi connectivity index (χ0n) is 14.6. The molecule has 2 aliphatic rings. The number of aromatic amines is 1. The van der Waals surface area contributed by atoms with Crippen LogP contribution in [0.1, 0.15) is 16.7 Å². The molecule has 2 aromatic carbocycles. The molecule has 0 bridgehead atoms. The minimum absolute atomic E-state index is 0.188. The first-order valence-corrected chi connectivity index (χ1v) is 8.49. The fraction of sp³-hybridized carbons (Fsp3) is 0.200. The average molecular weight is 346 g/mol. The minimum atomic E-state index is -0.652. The topological polar surface area (TPSA) is 80.6 Å². The van der Waals surface area contributed by atoms with E-state index in [1.54, 1.807) is 0 Å². The zero-order chi connectivity index (χ0) is 18.3. The molecule has 0 fully saturated rings. The van der Waals surface area contributed by atoms with Crippen LogP contribution in [0.15, 0.2) is 52.1 Å². The van der Waals surface area contributed by atoms with Gasteiger partial charge in [-0.2, -0.15) is 4.98 Å². The smallest absolute Gasteiger partial charge is 0.322 e. The number of nitrogens with one attached hydrogen (secondary N) is 1. The second kappa shape index (κ2) is 6.22. The third-order valence-electron chi connectivity index (χ3n) is 4.69. The predicted octanol–water partition coefficient (Wildman–Crippen LogP) is 2.44. The molecule has 0 atom stereocenters. The molecule has 0 saturated carbocycles. The Morgan fingerprint density at radius 3 is 2.50 bits per heavy atom. The first kappa shape index (κ1) is 16.2. The summed E-state index contributed by atoms with van der Waals surface area (Å²) in [6, 6.07) is 14.1. The van der Waals surface area contributed by atoms with E-state index in [1.165, 1.54) is 5.56 Å². The van der Waals surface area contributed by atoms with E-state index < -0.39 is 11.2 Å². The lowest BCUT2D eigenvalue weighted by Gasteiger charge is -2.17. The number of hydrogen-bond acceptors (Lipinski definition) is 4. The van der Waals surface area contributed by atoms with Gasteiger partial charge in [0, 0.05) is 6.54 Å². The number of fused-ring (bicyclic) bond motifs is 2. The maximum atomic E-state index is 12.3. The summed E-state index contributed by atoms with van der Waals surface area (Å²) >= 11 is 0. The molecule has 4 rings (SSSR count). The van der Waals surface area contributed by atoms with E-state index in [4.69, 9.17) is 0 Å². The van der Waals surface area contributed by atoms with Crippen LogP contribution in [0.3, 0.4) is 0 Å². The van der Waals surface area contributed by atoms with Gasteiger partial charge in [0.25, 0.3) is 5.56 Å². The van der Waals surface area contributed by atoms with Gasteiger partial charge in [0.05, 0.1) is 11.0 Å². The van der Waals surface area contributed by atoms with Crippen molar-refractivity contribution >= 4 is 11.0 Å². The van der Waals surface area contributed by atoms with Gasteiger partial charge < -0.3 is 4.57 Å². The Labute approximate surface area is 149 Å². The van der Waals surface area contributed by atoms with Crippen LogP contribution in [0, 0.1) is 13.8 Å². The van der Waals surface area contributed by atoms with E-state index in [2.05, 4.69) is 27.1 Å². The van der Waals surface area contributed by atoms with Crippen molar-refractivity contribution in [3.8, 4) is 11.5 Å². The van der Waals surface area contributed by atoms with Crippen LogP contribution in [0.2, 0.25) is 0 Å². The van der Waals surface area contributed by atoms with Gasteiger partial charge in [0.2, 0.25) is 0 Å². The van der Waals surface area contributed by atoms with Crippen LogP contribution in [0.25, 0.3) is 22.6 Å². The van der Waals surface area contributed by atoms with E-state index in [1.807, 2.05) is 48.7 Å². The number of benzene rings is 2. The van der Waals surface area contributed by atoms with Crippen molar-refractivity contribution in [1.82, 2.24) is 19.5 Å². The second-order valence-electron chi connectivity index (χ2n) is 6.47. The van der Waals surface area contributed by atoms with E-state index in [0.29, 0.717) is 12.4 Å². The molecule has 0 saturated heterocycles. The highest BCUT2D eigenvalue weighted by molar-refractivity contribution is 5.81. The van der Waals surface area contributed by atoms with Gasteiger partial charge >= 0.3 is 5.69 Å². The van der Waals surface area contributed by atoms with Gasteiger partial charge in [-0.15, -0.1) is 0 Å². The monoisotopic (exact) mass is 346 g/mol. The highest BCUT2D eigenvalue weighted by atomic mass is 16.2. The molecule has 0 aromatic heterocycles. The summed E-state index contributed by atoms with van der Waals surface area (Å²) in [5, 5.41) is 0. The summed E-state index contributed by atoms with van der Waals surface area (Å²) in [4.78, 5) is 34.7. The van der Waals surface area contributed by atoms with E-state index in [-0.39, 0.29) is 5.69 Å². The number of nitrogens with zero attached hydrogens (tertiary/aromatic N) is 3. The molecule has 0 radical (unpaired) electrons. The standard InChI is InChI=1S/C20H18N4O2/c1-12-10-15-16(11-13(12)2)24(9-8-14-6-4-3-5-7-14)18-17(21-15)19(25)23-20(26)22-18/h3-7,10-11H,8-9H2,1-2H3,(H,23,25,26). The van der Waals surface area contributed by atoms with Crippen LogP contribution in [0.4, 0.5) is 0 Å². The maximum absolute atomic E-state index is 12.3. The third-order valence-corrected chi connectivity index (χ3v) is 4.69. The van der Waals surface area contributed by atoms with Gasteiger partial charge in [-0.25, -0.2) is 9.78 Å². The third kappa shape index (κ3) is 2.79. The summed E-state index contributed by atoms with van der Waals surface area (Å²) in [5.74, 6) is 0.324. The molecule has 130 valence electrons. The first-order chi connectivity index (χ1) is 12.5. The van der Waals surface area contributed by atoms with Crippen molar-refractivity contribution in [3.63, 3.8) is 0 Å². The summed E-state index contributed by atoms with van der Waals surface area (Å²) in [6.07, 6.45) is 0.759. The fourth-order valence-electron chi connectivity index (χ4n) is 3.16. The molecular weight excluding hydrogens is 328 g/mol. The molecule has 0 unspecified atom stereocenters. The molecule has 0 amide bonds. The Balaban J connectivity index is 1.98. The lowest BCUT2D eigenvalue weighted by Crippen LogP contribution is -2.29. The summed E-state index contributed by atoms with van der Waals surface area (Å²) < 4.78 is 1.92. The molecule has 1 N–H and O–H groups in total. The minimum Gasteiger partial charge on any atom is -0.322 e. The molecule has 26 heavy (non-hydrogen) atoms. The van der Waals surface area contributed by atoms with Gasteiger partial charge in [0.15, 0.2) is 11.5 Å². The first-order valence-electron chi connectivity index (χ1n) is 8.49. The maximum Gasteiger partial charge on any atom is 0.349 e. The Kier molecular flexibility index (Phi) is 3.88. The van der Waals surface area contributed by atoms with Crippen LogP contribution in [0.5, 0.6) is 0 Å². The van der Waals surface area contributed by atoms with Gasteiger partial charge in [-0.3, -0.25) is 9.78 Å². The normalized spacial score (nSPS) is 11.3. The van der Waals surface area contributed by atoms with Crippen LogP contribution >= 0.6 is 0 Å². The number of aryl methyl sites for hydroxylation is 4. The molecule has 2 heterocycles. The Bertz CT molecular complexity index is 1190. The largest absolute Gasteiger partial charge is 0.349 e. The van der Waals surface area contributed by atoms with E-state index >= 15 is 0 Å². The summed E-state index contributed by atoms with van der Waals surface area (Å²) in [6.45, 7) is 4.64. The number of hydrogen-bond donors (Lipinski definition) is 1. The molecule has 6 nitrogen and oxygen atoms in total. The van der Waals surface area contributed by atoms with Crippen LogP contribution in [-0.2, 0) is 13.0 Å². The molecule has 2 aliphatic heterocycles. The van der Waals surface area contributed by atoms with Crippen LogP contribution in [-0.4, -0.2) is 19.5 Å². The van der Waals surface area contributed by atoms with Gasteiger partial charge in [-0.1, -0.05) is 30.3 Å². The number of rotatable bonds is 3. The predicted molar refractivity (Wildman–Crippen MR) is 101 cm³/mol. The van der Waals surface area contributed by atoms with E-state index in [0.717, 1.165) is 28.6 Å². The van der Waals surface area contributed by atoms with Crippen molar-refractivity contribution in [2.45, 2.75) is 26.8 Å². The molecular formula is C20H18N4O2. The molecule has 0 spiro atoms. The number of aromatic nitrogens is 4. The second-order valence-corrected chi connectivity index (χ2v) is 6.47. The van der Waals surface area contributed by atoms with Crippen molar-refractivity contribution < 1.29 is 0 Å². The SMILES string of the molecule is Cc1cc2nc3c(=O)[nH]c(=O)nc-3n(CCc3ccccc3)c2cc1C. The fourth-order valence-corrected chi connectivity index (χ4v) is 3.16. The van der Waals surface area contributed by atoms with Crippen molar-refractivity contribution in [2.75, 3.05) is 0 Å². The Hall–Kier alpha value is -3.28. The Morgan fingerprint density at radius 2 is 1.73 bits per heavy atom. The quantitative estimate of drug-likeness (QED) is 0.578. The van der Waals surface area contributed by atoms with Crippen molar-refractivity contribution in [3.05, 3.63) is 80.0 Å². The Morgan fingerprint density at radius 1 is 1.00 bits per heavy atom.